The molecule has 3 rings (SSSR count). The number of carbonyl (C=O) groups excluding carboxylic acids is 1. The van der Waals surface area contributed by atoms with Gasteiger partial charge in [-0.25, -0.2) is 9.78 Å². The summed E-state index contributed by atoms with van der Waals surface area (Å²) in [5.41, 5.74) is 0.668. The highest BCUT2D eigenvalue weighted by Crippen LogP contribution is 2.39. The molecule has 0 N–H and O–H groups in total. The second kappa shape index (κ2) is 7.32. The third-order valence-electron chi connectivity index (χ3n) is 4.93. The van der Waals surface area contributed by atoms with Gasteiger partial charge in [-0.05, 0) is 65.6 Å². The number of pyridine rings is 1. The average molecular weight is 345 g/mol. The average Bonchev–Trinajstić information content (AvgIpc) is 3.39. The zero-order chi connectivity index (χ0) is 18.0. The number of likely N-dealkylation sites (tertiary alicyclic amines) is 1. The fourth-order valence-corrected chi connectivity index (χ4v) is 3.64. The largest absolute Gasteiger partial charge is 0.443 e. The molecule has 1 saturated heterocycles. The Labute approximate surface area is 151 Å². The number of amides is 1. The Hall–Kier alpha value is -1.62. The number of piperidine rings is 1. The Morgan fingerprint density at radius 3 is 2.72 bits per heavy atom. The predicted molar refractivity (Wildman–Crippen MR) is 99.8 cm³/mol. The van der Waals surface area contributed by atoms with Crippen molar-refractivity contribution in [3.63, 3.8) is 0 Å². The van der Waals surface area contributed by atoms with Crippen molar-refractivity contribution in [2.45, 2.75) is 77.5 Å². The molecule has 1 saturated carbocycles. The summed E-state index contributed by atoms with van der Waals surface area (Å²) in [6.07, 6.45) is 7.17. The van der Waals surface area contributed by atoms with E-state index < -0.39 is 5.60 Å². The normalized spacial score (nSPS) is 21.8. The number of anilines is 1. The summed E-state index contributed by atoms with van der Waals surface area (Å²) in [6, 6.07) is 4.69. The molecule has 2 aliphatic rings. The Bertz CT molecular complexity index is 607. The summed E-state index contributed by atoms with van der Waals surface area (Å²) in [6.45, 7) is 10.1. The molecule has 5 heteroatoms. The van der Waals surface area contributed by atoms with Crippen LogP contribution in [0.4, 0.5) is 10.6 Å². The van der Waals surface area contributed by atoms with Crippen LogP contribution in [0.15, 0.2) is 18.3 Å². The van der Waals surface area contributed by atoms with Crippen LogP contribution in [0.25, 0.3) is 0 Å². The molecule has 1 aromatic rings. The molecule has 2 heterocycles. The van der Waals surface area contributed by atoms with Crippen LogP contribution >= 0.6 is 0 Å². The lowest BCUT2D eigenvalue weighted by Gasteiger charge is -2.37. The summed E-state index contributed by atoms with van der Waals surface area (Å²) in [4.78, 5) is 21.8. The number of rotatable bonds is 4. The van der Waals surface area contributed by atoms with Crippen molar-refractivity contribution in [2.75, 3.05) is 18.0 Å². The van der Waals surface area contributed by atoms with Gasteiger partial charge in [-0.15, -0.1) is 0 Å². The van der Waals surface area contributed by atoms with Crippen molar-refractivity contribution >= 4 is 11.9 Å². The number of nitrogens with zero attached hydrogens (tertiary/aromatic N) is 3. The van der Waals surface area contributed by atoms with Crippen LogP contribution in [0.3, 0.4) is 0 Å². The van der Waals surface area contributed by atoms with E-state index in [0.717, 1.165) is 38.2 Å². The third-order valence-corrected chi connectivity index (χ3v) is 4.93. The van der Waals surface area contributed by atoms with Crippen LogP contribution in [-0.2, 0) is 4.74 Å². The first-order valence-corrected chi connectivity index (χ1v) is 9.62. The fourth-order valence-electron chi connectivity index (χ4n) is 3.64. The van der Waals surface area contributed by atoms with Gasteiger partial charge in [-0.2, -0.15) is 0 Å². The van der Waals surface area contributed by atoms with Crippen molar-refractivity contribution in [1.82, 2.24) is 9.88 Å². The summed E-state index contributed by atoms with van der Waals surface area (Å²) in [7, 11) is 0. The van der Waals surface area contributed by atoms with Crippen LogP contribution in [0.5, 0.6) is 0 Å². The highest BCUT2D eigenvalue weighted by Gasteiger charge is 2.39. The molecule has 1 unspecified atom stereocenters. The lowest BCUT2D eigenvalue weighted by Crippen LogP contribution is -2.41. The summed E-state index contributed by atoms with van der Waals surface area (Å²) in [5.74, 6) is 0.796. The number of carbonyl (C=O) groups is 1. The first kappa shape index (κ1) is 18.2. The molecule has 1 aliphatic heterocycles. The van der Waals surface area contributed by atoms with E-state index in [9.17, 15) is 4.79 Å². The predicted octanol–water partition coefficient (Wildman–Crippen LogP) is 4.53. The van der Waals surface area contributed by atoms with Gasteiger partial charge in [0.2, 0.25) is 0 Å². The molecule has 25 heavy (non-hydrogen) atoms. The van der Waals surface area contributed by atoms with E-state index in [2.05, 4.69) is 22.9 Å². The Morgan fingerprint density at radius 1 is 1.32 bits per heavy atom. The van der Waals surface area contributed by atoms with Gasteiger partial charge in [-0.3, -0.25) is 9.80 Å². The van der Waals surface area contributed by atoms with Gasteiger partial charge in [0.25, 0.3) is 0 Å². The molecular formula is C20H31N3O2. The van der Waals surface area contributed by atoms with Crippen LogP contribution in [0, 0.1) is 0 Å². The lowest BCUT2D eigenvalue weighted by atomic mass is 9.95. The molecular weight excluding hydrogens is 314 g/mol. The van der Waals surface area contributed by atoms with E-state index in [0.29, 0.717) is 6.04 Å². The molecule has 0 aromatic carbocycles. The van der Waals surface area contributed by atoms with Crippen molar-refractivity contribution in [3.8, 4) is 0 Å². The third kappa shape index (κ3) is 4.32. The zero-order valence-electron chi connectivity index (χ0n) is 16.0. The van der Waals surface area contributed by atoms with E-state index in [4.69, 9.17) is 4.74 Å². The first-order chi connectivity index (χ1) is 11.9. The Kier molecular flexibility index (Phi) is 5.32. The van der Waals surface area contributed by atoms with Crippen molar-refractivity contribution in [1.29, 1.82) is 0 Å². The minimum Gasteiger partial charge on any atom is -0.443 e. The molecule has 1 aromatic heterocycles. The highest BCUT2D eigenvalue weighted by atomic mass is 16.6. The molecule has 0 radical (unpaired) electrons. The van der Waals surface area contributed by atoms with E-state index in [1.165, 1.54) is 18.4 Å². The maximum atomic E-state index is 12.9. The molecule has 138 valence electrons. The number of hydrogen-bond donors (Lipinski definition) is 0. The quantitative estimate of drug-likeness (QED) is 0.804. The second-order valence-corrected chi connectivity index (χ2v) is 8.14. The summed E-state index contributed by atoms with van der Waals surface area (Å²) in [5, 5.41) is 0. The Balaban J connectivity index is 1.93. The van der Waals surface area contributed by atoms with Crippen LogP contribution < -0.4 is 4.90 Å². The first-order valence-electron chi connectivity index (χ1n) is 9.62. The molecule has 5 nitrogen and oxygen atoms in total. The molecule has 1 amide bonds. The van der Waals surface area contributed by atoms with Gasteiger partial charge in [0.1, 0.15) is 11.4 Å². The minimum atomic E-state index is -0.501. The molecule has 1 aliphatic carbocycles. The molecule has 2 fully saturated rings. The van der Waals surface area contributed by atoms with Crippen molar-refractivity contribution < 1.29 is 9.53 Å². The van der Waals surface area contributed by atoms with E-state index in [-0.39, 0.29) is 12.1 Å². The zero-order valence-corrected chi connectivity index (χ0v) is 16.0. The monoisotopic (exact) mass is 345 g/mol. The number of ether oxygens (including phenoxy) is 1. The minimum absolute atomic E-state index is 0.224. The maximum absolute atomic E-state index is 12.9. The Morgan fingerprint density at radius 2 is 2.08 bits per heavy atom. The van der Waals surface area contributed by atoms with Crippen LogP contribution in [0.1, 0.15) is 71.4 Å². The second-order valence-electron chi connectivity index (χ2n) is 8.14. The highest BCUT2D eigenvalue weighted by molar-refractivity contribution is 5.89. The number of hydrogen-bond acceptors (Lipinski definition) is 4. The van der Waals surface area contributed by atoms with Gasteiger partial charge in [-0.1, -0.05) is 19.4 Å². The van der Waals surface area contributed by atoms with Crippen LogP contribution in [0.2, 0.25) is 0 Å². The smallest absolute Gasteiger partial charge is 0.416 e. The molecule has 0 bridgehead atoms. The standard InChI is InChI=1S/C20H31N3O2/c1-5-22-14-7-6-10-17(22)16-9-8-13-21-18(16)23(15-11-12-15)19(24)25-20(2,3)4/h8-9,13,15,17H,5-7,10-12,14H2,1-4H3. The van der Waals surface area contributed by atoms with Crippen molar-refractivity contribution in [3.05, 3.63) is 23.9 Å². The van der Waals surface area contributed by atoms with Gasteiger partial charge in [0, 0.05) is 23.8 Å². The van der Waals surface area contributed by atoms with E-state index >= 15 is 0 Å². The van der Waals surface area contributed by atoms with Crippen LogP contribution in [-0.4, -0.2) is 40.7 Å². The van der Waals surface area contributed by atoms with Gasteiger partial charge in [0.15, 0.2) is 0 Å². The van der Waals surface area contributed by atoms with Gasteiger partial charge < -0.3 is 4.74 Å². The maximum Gasteiger partial charge on any atom is 0.416 e. The fraction of sp³-hybridized carbons (Fsp3) is 0.700. The topological polar surface area (TPSA) is 45.7 Å². The van der Waals surface area contributed by atoms with Gasteiger partial charge >= 0.3 is 6.09 Å². The van der Waals surface area contributed by atoms with Crippen molar-refractivity contribution in [2.24, 2.45) is 0 Å². The summed E-state index contributed by atoms with van der Waals surface area (Å²) >= 11 is 0. The number of aromatic nitrogens is 1. The molecule has 0 spiro atoms. The van der Waals surface area contributed by atoms with Gasteiger partial charge in [0.05, 0.1) is 0 Å². The lowest BCUT2D eigenvalue weighted by molar-refractivity contribution is 0.0575. The SMILES string of the molecule is CCN1CCCCC1c1cccnc1N(C(=O)OC(C)(C)C)C1CC1. The van der Waals surface area contributed by atoms with E-state index in [1.807, 2.05) is 31.7 Å². The van der Waals surface area contributed by atoms with E-state index in [1.54, 1.807) is 6.20 Å². The molecule has 1 atom stereocenters. The summed E-state index contributed by atoms with van der Waals surface area (Å²) < 4.78 is 5.68.